The molecule has 1 saturated heterocycles. The van der Waals surface area contributed by atoms with E-state index in [0.29, 0.717) is 6.04 Å². The van der Waals surface area contributed by atoms with E-state index in [9.17, 15) is 0 Å². The van der Waals surface area contributed by atoms with Crippen molar-refractivity contribution in [3.8, 4) is 11.5 Å². The highest BCUT2D eigenvalue weighted by molar-refractivity contribution is 5.31. The fraction of sp³-hybridized carbons (Fsp3) is 0.647. The third-order valence-electron chi connectivity index (χ3n) is 4.53. The van der Waals surface area contributed by atoms with Gasteiger partial charge in [0.25, 0.3) is 0 Å². The highest BCUT2D eigenvalue weighted by atomic mass is 16.5. The second-order valence-corrected chi connectivity index (χ2v) is 5.78. The van der Waals surface area contributed by atoms with E-state index in [2.05, 4.69) is 24.2 Å². The summed E-state index contributed by atoms with van der Waals surface area (Å²) in [4.78, 5) is 2.50. The number of benzene rings is 1. The van der Waals surface area contributed by atoms with E-state index in [4.69, 9.17) is 9.47 Å². The Kier molecular flexibility index (Phi) is 6.33. The van der Waals surface area contributed by atoms with Gasteiger partial charge in [0.15, 0.2) is 0 Å². The van der Waals surface area contributed by atoms with E-state index >= 15 is 0 Å². The Labute approximate surface area is 128 Å². The number of ether oxygens (including phenoxy) is 2. The first-order valence-corrected chi connectivity index (χ1v) is 7.89. The Morgan fingerprint density at radius 3 is 2.38 bits per heavy atom. The monoisotopic (exact) mass is 292 g/mol. The summed E-state index contributed by atoms with van der Waals surface area (Å²) < 4.78 is 10.9. The van der Waals surface area contributed by atoms with Crippen molar-refractivity contribution < 1.29 is 9.47 Å². The summed E-state index contributed by atoms with van der Waals surface area (Å²) in [5.74, 6) is 2.59. The molecule has 0 amide bonds. The zero-order valence-electron chi connectivity index (χ0n) is 13.5. The largest absolute Gasteiger partial charge is 0.497 e. The van der Waals surface area contributed by atoms with Gasteiger partial charge in [0, 0.05) is 12.6 Å². The molecule has 1 aromatic carbocycles. The first-order valence-electron chi connectivity index (χ1n) is 7.89. The van der Waals surface area contributed by atoms with Crippen molar-refractivity contribution in [2.75, 3.05) is 40.4 Å². The van der Waals surface area contributed by atoms with E-state index in [0.717, 1.165) is 30.6 Å². The van der Waals surface area contributed by atoms with Crippen molar-refractivity contribution in [2.24, 2.45) is 5.92 Å². The third kappa shape index (κ3) is 4.90. The lowest BCUT2D eigenvalue weighted by Crippen LogP contribution is -2.42. The second-order valence-electron chi connectivity index (χ2n) is 5.78. The van der Waals surface area contributed by atoms with Gasteiger partial charge in [-0.15, -0.1) is 0 Å². The molecule has 118 valence electrons. The van der Waals surface area contributed by atoms with Gasteiger partial charge in [0.2, 0.25) is 0 Å². The topological polar surface area (TPSA) is 33.7 Å². The fourth-order valence-corrected chi connectivity index (χ4v) is 2.88. The molecule has 1 N–H and O–H groups in total. The quantitative estimate of drug-likeness (QED) is 0.837. The molecule has 1 fully saturated rings. The van der Waals surface area contributed by atoms with Gasteiger partial charge < -0.3 is 14.8 Å². The van der Waals surface area contributed by atoms with Gasteiger partial charge in [0.05, 0.1) is 7.11 Å². The van der Waals surface area contributed by atoms with Crippen LogP contribution < -0.4 is 14.8 Å². The van der Waals surface area contributed by atoms with Crippen LogP contribution in [0.4, 0.5) is 0 Å². The van der Waals surface area contributed by atoms with Crippen LogP contribution in [0.3, 0.4) is 0 Å². The minimum Gasteiger partial charge on any atom is -0.497 e. The fourth-order valence-electron chi connectivity index (χ4n) is 2.88. The summed E-state index contributed by atoms with van der Waals surface area (Å²) >= 11 is 0. The molecular formula is C17H28N2O2. The van der Waals surface area contributed by atoms with E-state index < -0.39 is 0 Å². The number of hydrogen-bond donors (Lipinski definition) is 1. The van der Waals surface area contributed by atoms with Gasteiger partial charge in [0.1, 0.15) is 18.1 Å². The summed E-state index contributed by atoms with van der Waals surface area (Å²) in [6.45, 7) is 6.41. The van der Waals surface area contributed by atoms with Crippen LogP contribution in [0.5, 0.6) is 11.5 Å². The van der Waals surface area contributed by atoms with Crippen LogP contribution in [0, 0.1) is 5.92 Å². The van der Waals surface area contributed by atoms with Gasteiger partial charge >= 0.3 is 0 Å². The molecule has 1 heterocycles. The lowest BCUT2D eigenvalue weighted by atomic mass is 9.90. The molecule has 21 heavy (non-hydrogen) atoms. The second kappa shape index (κ2) is 8.25. The molecular weight excluding hydrogens is 264 g/mol. The average molecular weight is 292 g/mol. The molecule has 1 aliphatic heterocycles. The predicted octanol–water partition coefficient (Wildman–Crippen LogP) is 2.39. The van der Waals surface area contributed by atoms with Crippen molar-refractivity contribution >= 4 is 0 Å². The molecule has 1 atom stereocenters. The number of likely N-dealkylation sites (tertiary alicyclic amines) is 1. The molecule has 4 nitrogen and oxygen atoms in total. The molecule has 0 spiro atoms. The minimum atomic E-state index is 0.627. The van der Waals surface area contributed by atoms with E-state index in [-0.39, 0.29) is 0 Å². The van der Waals surface area contributed by atoms with Crippen molar-refractivity contribution in [2.45, 2.75) is 25.8 Å². The summed E-state index contributed by atoms with van der Waals surface area (Å²) in [6, 6.07) is 8.40. The van der Waals surface area contributed by atoms with Crippen LogP contribution >= 0.6 is 0 Å². The maximum atomic E-state index is 5.79. The molecule has 0 aromatic heterocycles. The van der Waals surface area contributed by atoms with Crippen molar-refractivity contribution in [3.05, 3.63) is 24.3 Å². The van der Waals surface area contributed by atoms with E-state index in [1.165, 1.54) is 25.9 Å². The Balaban J connectivity index is 1.65. The zero-order valence-corrected chi connectivity index (χ0v) is 13.5. The summed E-state index contributed by atoms with van der Waals surface area (Å²) in [5.41, 5.74) is 0. The number of nitrogens with zero attached hydrogens (tertiary/aromatic N) is 1. The number of rotatable bonds is 7. The number of nitrogens with one attached hydrogen (secondary N) is 1. The molecule has 2 rings (SSSR count). The molecule has 0 aliphatic carbocycles. The predicted molar refractivity (Wildman–Crippen MR) is 86.2 cm³/mol. The summed E-state index contributed by atoms with van der Waals surface area (Å²) in [7, 11) is 3.73. The van der Waals surface area contributed by atoms with Crippen LogP contribution in [0.1, 0.15) is 19.8 Å². The van der Waals surface area contributed by atoms with Crippen molar-refractivity contribution in [1.82, 2.24) is 10.2 Å². The molecule has 1 aromatic rings. The first-order chi connectivity index (χ1) is 10.2. The van der Waals surface area contributed by atoms with Crippen molar-refractivity contribution in [3.63, 3.8) is 0 Å². The molecule has 0 bridgehead atoms. The standard InChI is InChI=1S/C17H28N2O2/c1-14(18-2)15-8-10-19(11-9-15)12-13-21-17-6-4-16(20-3)5-7-17/h4-7,14-15,18H,8-13H2,1-3H3. The maximum Gasteiger partial charge on any atom is 0.119 e. The van der Waals surface area contributed by atoms with Gasteiger partial charge in [-0.25, -0.2) is 0 Å². The lowest BCUT2D eigenvalue weighted by molar-refractivity contribution is 0.142. The smallest absolute Gasteiger partial charge is 0.119 e. The Hall–Kier alpha value is -1.26. The minimum absolute atomic E-state index is 0.627. The SMILES string of the molecule is CNC(C)C1CCN(CCOc2ccc(OC)cc2)CC1. The highest BCUT2D eigenvalue weighted by Gasteiger charge is 2.22. The van der Waals surface area contributed by atoms with Crippen molar-refractivity contribution in [1.29, 1.82) is 0 Å². The van der Waals surface area contributed by atoms with Gasteiger partial charge in [-0.1, -0.05) is 0 Å². The van der Waals surface area contributed by atoms with E-state index in [1.54, 1.807) is 7.11 Å². The molecule has 4 heteroatoms. The zero-order chi connectivity index (χ0) is 15.1. The summed E-state index contributed by atoms with van der Waals surface area (Å²) in [6.07, 6.45) is 2.56. The average Bonchev–Trinajstić information content (AvgIpc) is 2.55. The summed E-state index contributed by atoms with van der Waals surface area (Å²) in [5, 5.41) is 3.37. The van der Waals surface area contributed by atoms with Crippen LogP contribution in [-0.2, 0) is 0 Å². The maximum absolute atomic E-state index is 5.79. The number of methoxy groups -OCH3 is 1. The lowest BCUT2D eigenvalue weighted by Gasteiger charge is -2.34. The Morgan fingerprint density at radius 2 is 1.81 bits per heavy atom. The molecule has 0 saturated carbocycles. The van der Waals surface area contributed by atoms with Gasteiger partial charge in [-0.05, 0) is 70.1 Å². The normalized spacial score (nSPS) is 18.4. The Morgan fingerprint density at radius 1 is 1.19 bits per heavy atom. The Bertz CT molecular complexity index is 400. The first kappa shape index (κ1) is 16.1. The molecule has 1 aliphatic rings. The molecule has 1 unspecified atom stereocenters. The van der Waals surface area contributed by atoms with Crippen LogP contribution in [-0.4, -0.2) is 51.3 Å². The van der Waals surface area contributed by atoms with E-state index in [1.807, 2.05) is 24.3 Å². The number of hydrogen-bond acceptors (Lipinski definition) is 4. The highest BCUT2D eigenvalue weighted by Crippen LogP contribution is 2.20. The van der Waals surface area contributed by atoms with Gasteiger partial charge in [-0.2, -0.15) is 0 Å². The molecule has 0 radical (unpaired) electrons. The van der Waals surface area contributed by atoms with Gasteiger partial charge in [-0.3, -0.25) is 4.90 Å². The van der Waals surface area contributed by atoms with Crippen LogP contribution in [0.2, 0.25) is 0 Å². The third-order valence-corrected chi connectivity index (χ3v) is 4.53. The number of piperidine rings is 1. The van der Waals surface area contributed by atoms with Crippen LogP contribution in [0.15, 0.2) is 24.3 Å². The van der Waals surface area contributed by atoms with Crippen LogP contribution in [0.25, 0.3) is 0 Å².